The largest absolute Gasteiger partial charge is 0.398 e. The number of fused-ring (bicyclic) bond motifs is 1. The van der Waals surface area contributed by atoms with Crippen molar-refractivity contribution in [3.05, 3.63) is 64.1 Å². The second kappa shape index (κ2) is 6.16. The van der Waals surface area contributed by atoms with Crippen LogP contribution in [0.25, 0.3) is 10.9 Å². The zero-order chi connectivity index (χ0) is 17.3. The van der Waals surface area contributed by atoms with Gasteiger partial charge in [-0.05, 0) is 37.6 Å². The fourth-order valence-electron chi connectivity index (χ4n) is 2.68. The van der Waals surface area contributed by atoms with Gasteiger partial charge in [-0.2, -0.15) is 0 Å². The van der Waals surface area contributed by atoms with E-state index in [1.54, 1.807) is 30.6 Å². The van der Waals surface area contributed by atoms with E-state index in [1.165, 1.54) is 0 Å². The van der Waals surface area contributed by atoms with Crippen molar-refractivity contribution in [2.75, 3.05) is 11.1 Å². The minimum Gasteiger partial charge on any atom is -0.398 e. The lowest BCUT2D eigenvalue weighted by Crippen LogP contribution is -2.25. The Labute approximate surface area is 138 Å². The number of hydrogen-bond acceptors (Lipinski definition) is 4. The lowest BCUT2D eigenvalue weighted by molar-refractivity contribution is 0.102. The SMILES string of the molecule is CCn1cc(C(=O)Nc2ncccc2C)c(=O)c2c(N)cccc21. The van der Waals surface area contributed by atoms with Gasteiger partial charge in [-0.1, -0.05) is 12.1 Å². The van der Waals surface area contributed by atoms with Gasteiger partial charge >= 0.3 is 0 Å². The van der Waals surface area contributed by atoms with Crippen molar-refractivity contribution in [1.29, 1.82) is 0 Å². The van der Waals surface area contributed by atoms with Crippen molar-refractivity contribution in [1.82, 2.24) is 9.55 Å². The van der Waals surface area contributed by atoms with Gasteiger partial charge in [0.15, 0.2) is 0 Å². The van der Waals surface area contributed by atoms with Gasteiger partial charge in [0.25, 0.3) is 5.91 Å². The molecule has 0 aliphatic carbocycles. The van der Waals surface area contributed by atoms with E-state index >= 15 is 0 Å². The second-order valence-corrected chi connectivity index (χ2v) is 5.52. The van der Waals surface area contributed by atoms with Gasteiger partial charge in [0.2, 0.25) is 5.43 Å². The molecule has 3 rings (SSSR count). The van der Waals surface area contributed by atoms with Crippen molar-refractivity contribution >= 4 is 28.3 Å². The molecular formula is C18H18N4O2. The highest BCUT2D eigenvalue weighted by Crippen LogP contribution is 2.19. The maximum Gasteiger partial charge on any atom is 0.262 e. The van der Waals surface area contributed by atoms with Crippen molar-refractivity contribution in [3.63, 3.8) is 0 Å². The van der Waals surface area contributed by atoms with Gasteiger partial charge in [-0.3, -0.25) is 9.59 Å². The van der Waals surface area contributed by atoms with Crippen molar-refractivity contribution in [2.45, 2.75) is 20.4 Å². The summed E-state index contributed by atoms with van der Waals surface area (Å²) in [6, 6.07) is 8.90. The highest BCUT2D eigenvalue weighted by atomic mass is 16.2. The summed E-state index contributed by atoms with van der Waals surface area (Å²) in [5, 5.41) is 3.06. The third-order valence-corrected chi connectivity index (χ3v) is 3.97. The molecule has 6 nitrogen and oxygen atoms in total. The fourth-order valence-corrected chi connectivity index (χ4v) is 2.68. The monoisotopic (exact) mass is 322 g/mol. The molecule has 0 saturated carbocycles. The zero-order valence-corrected chi connectivity index (χ0v) is 13.5. The molecule has 3 aromatic rings. The van der Waals surface area contributed by atoms with E-state index in [0.29, 0.717) is 29.0 Å². The predicted octanol–water partition coefficient (Wildman–Crippen LogP) is 2.56. The van der Waals surface area contributed by atoms with Crippen molar-refractivity contribution in [2.24, 2.45) is 0 Å². The molecule has 24 heavy (non-hydrogen) atoms. The van der Waals surface area contributed by atoms with E-state index in [4.69, 9.17) is 5.73 Å². The van der Waals surface area contributed by atoms with Crippen LogP contribution in [0, 0.1) is 6.92 Å². The summed E-state index contributed by atoms with van der Waals surface area (Å²) in [6.45, 7) is 4.39. The van der Waals surface area contributed by atoms with E-state index in [-0.39, 0.29) is 11.0 Å². The Bertz CT molecular complexity index is 992. The molecule has 0 saturated heterocycles. The first-order chi connectivity index (χ1) is 11.5. The summed E-state index contributed by atoms with van der Waals surface area (Å²) in [5.74, 6) is -0.0553. The lowest BCUT2D eigenvalue weighted by Gasteiger charge is -2.13. The van der Waals surface area contributed by atoms with E-state index in [2.05, 4.69) is 10.3 Å². The number of carbonyl (C=O) groups is 1. The number of pyridine rings is 2. The standard InChI is InChI=1S/C18H18N4O2/c1-3-22-10-12(16(23)15-13(19)7-4-8-14(15)22)18(24)21-17-11(2)6-5-9-20-17/h4-10H,3,19H2,1-2H3,(H,20,21,24). The number of nitrogens with zero attached hydrogens (tertiary/aromatic N) is 2. The molecule has 0 radical (unpaired) electrons. The first kappa shape index (κ1) is 15.7. The number of hydrogen-bond donors (Lipinski definition) is 2. The van der Waals surface area contributed by atoms with Gasteiger partial charge in [0, 0.05) is 24.6 Å². The van der Waals surface area contributed by atoms with Crippen LogP contribution in [-0.2, 0) is 6.54 Å². The predicted molar refractivity (Wildman–Crippen MR) is 95.2 cm³/mol. The van der Waals surface area contributed by atoms with Crippen molar-refractivity contribution < 1.29 is 4.79 Å². The quantitative estimate of drug-likeness (QED) is 0.725. The van der Waals surface area contributed by atoms with Crippen LogP contribution < -0.4 is 16.5 Å². The molecule has 2 heterocycles. The number of benzene rings is 1. The number of anilines is 2. The second-order valence-electron chi connectivity index (χ2n) is 5.52. The Balaban J connectivity index is 2.14. The first-order valence-electron chi connectivity index (χ1n) is 7.67. The molecule has 0 fully saturated rings. The van der Waals surface area contributed by atoms with E-state index in [0.717, 1.165) is 5.56 Å². The summed E-state index contributed by atoms with van der Waals surface area (Å²) in [5.41, 5.74) is 7.54. The van der Waals surface area contributed by atoms with Crippen LogP contribution in [-0.4, -0.2) is 15.5 Å². The topological polar surface area (TPSA) is 90.0 Å². The molecule has 2 aromatic heterocycles. The summed E-state index contributed by atoms with van der Waals surface area (Å²) in [7, 11) is 0. The number of aromatic nitrogens is 2. The average Bonchev–Trinajstić information content (AvgIpc) is 2.57. The van der Waals surface area contributed by atoms with Gasteiger partial charge in [0.1, 0.15) is 11.4 Å². The normalized spacial score (nSPS) is 10.8. The van der Waals surface area contributed by atoms with Gasteiger partial charge in [0.05, 0.1) is 10.9 Å². The molecular weight excluding hydrogens is 304 g/mol. The first-order valence-corrected chi connectivity index (χ1v) is 7.67. The van der Waals surface area contributed by atoms with E-state index < -0.39 is 5.91 Å². The fraction of sp³-hybridized carbons (Fsp3) is 0.167. The van der Waals surface area contributed by atoms with Crippen LogP contribution in [0.1, 0.15) is 22.8 Å². The number of nitrogen functional groups attached to an aromatic ring is 1. The Hall–Kier alpha value is -3.15. The molecule has 0 atom stereocenters. The van der Waals surface area contributed by atoms with Crippen LogP contribution in [0.2, 0.25) is 0 Å². The van der Waals surface area contributed by atoms with Crippen LogP contribution in [0.3, 0.4) is 0 Å². The molecule has 1 aromatic carbocycles. The minimum absolute atomic E-state index is 0.0484. The average molecular weight is 322 g/mol. The van der Waals surface area contributed by atoms with Crippen LogP contribution in [0.15, 0.2) is 47.5 Å². The van der Waals surface area contributed by atoms with Crippen molar-refractivity contribution in [3.8, 4) is 0 Å². The smallest absolute Gasteiger partial charge is 0.262 e. The highest BCUT2D eigenvalue weighted by Gasteiger charge is 2.17. The molecule has 0 bridgehead atoms. The third kappa shape index (κ3) is 2.62. The maximum atomic E-state index is 12.8. The molecule has 0 aliphatic heterocycles. The highest BCUT2D eigenvalue weighted by molar-refractivity contribution is 6.06. The zero-order valence-electron chi connectivity index (χ0n) is 13.5. The molecule has 0 spiro atoms. The number of nitrogens with one attached hydrogen (secondary N) is 1. The molecule has 6 heteroatoms. The van der Waals surface area contributed by atoms with Crippen LogP contribution in [0.4, 0.5) is 11.5 Å². The number of rotatable bonds is 3. The molecule has 1 amide bonds. The molecule has 122 valence electrons. The summed E-state index contributed by atoms with van der Waals surface area (Å²) in [6.07, 6.45) is 3.16. The Morgan fingerprint density at radius 2 is 2.08 bits per heavy atom. The van der Waals surface area contributed by atoms with E-state index in [9.17, 15) is 9.59 Å². The van der Waals surface area contributed by atoms with Gasteiger partial charge in [-0.15, -0.1) is 0 Å². The maximum absolute atomic E-state index is 12.8. The number of aryl methyl sites for hydroxylation is 2. The Morgan fingerprint density at radius 1 is 1.29 bits per heavy atom. The Kier molecular flexibility index (Phi) is 4.04. The van der Waals surface area contributed by atoms with Gasteiger partial charge in [-0.25, -0.2) is 4.98 Å². The number of nitrogens with two attached hydrogens (primary N) is 1. The molecule has 0 aliphatic rings. The molecule has 3 N–H and O–H groups in total. The van der Waals surface area contributed by atoms with E-state index in [1.807, 2.05) is 30.5 Å². The number of amides is 1. The van der Waals surface area contributed by atoms with Gasteiger partial charge < -0.3 is 15.6 Å². The number of carbonyl (C=O) groups excluding carboxylic acids is 1. The summed E-state index contributed by atoms with van der Waals surface area (Å²) in [4.78, 5) is 29.5. The Morgan fingerprint density at radius 3 is 2.79 bits per heavy atom. The molecule has 0 unspecified atom stereocenters. The summed E-state index contributed by atoms with van der Waals surface area (Å²) < 4.78 is 1.84. The lowest BCUT2D eigenvalue weighted by atomic mass is 10.1. The van der Waals surface area contributed by atoms with Crippen LogP contribution >= 0.6 is 0 Å². The third-order valence-electron chi connectivity index (χ3n) is 3.97. The summed E-state index contributed by atoms with van der Waals surface area (Å²) >= 11 is 0. The van der Waals surface area contributed by atoms with Crippen LogP contribution in [0.5, 0.6) is 0 Å². The minimum atomic E-state index is -0.492.